The van der Waals surface area contributed by atoms with Crippen molar-refractivity contribution in [3.63, 3.8) is 0 Å². The molecule has 0 aliphatic carbocycles. The number of aliphatic hydroxyl groups excluding tert-OH is 1. The topological polar surface area (TPSA) is 65.5 Å². The first-order chi connectivity index (χ1) is 15.5. The van der Waals surface area contributed by atoms with Gasteiger partial charge in [0.05, 0.1) is 6.10 Å². The lowest BCUT2D eigenvalue weighted by atomic mass is 10.00. The number of carbonyl (C=O) groups is 1. The Morgan fingerprint density at radius 3 is 2.44 bits per heavy atom. The van der Waals surface area contributed by atoms with Crippen LogP contribution in [0.3, 0.4) is 0 Å². The first-order valence-corrected chi connectivity index (χ1v) is 10.9. The molecule has 0 saturated heterocycles. The molecule has 2 N–H and O–H groups in total. The van der Waals surface area contributed by atoms with Crippen LogP contribution in [0, 0.1) is 5.82 Å². The van der Waals surface area contributed by atoms with Gasteiger partial charge in [-0.25, -0.2) is 4.39 Å². The number of amides is 1. The predicted octanol–water partition coefficient (Wildman–Crippen LogP) is 4.14. The van der Waals surface area contributed by atoms with Crippen molar-refractivity contribution in [3.8, 4) is 0 Å². The molecular weight excluding hydrogens is 405 g/mol. The first kappa shape index (κ1) is 23.6. The van der Waals surface area contributed by atoms with Crippen LogP contribution in [0.25, 0.3) is 0 Å². The van der Waals surface area contributed by atoms with Gasteiger partial charge in [-0.3, -0.25) is 9.78 Å². The summed E-state index contributed by atoms with van der Waals surface area (Å²) in [6.07, 6.45) is 4.29. The maximum atomic E-state index is 13.1. The summed E-state index contributed by atoms with van der Waals surface area (Å²) >= 11 is 0. The summed E-state index contributed by atoms with van der Waals surface area (Å²) in [5.41, 5.74) is 3.43. The van der Waals surface area contributed by atoms with E-state index in [1.165, 1.54) is 12.1 Å². The summed E-state index contributed by atoms with van der Waals surface area (Å²) in [6.45, 7) is 3.20. The minimum Gasteiger partial charge on any atom is -0.387 e. The summed E-state index contributed by atoms with van der Waals surface area (Å²) in [4.78, 5) is 18.4. The number of carbonyl (C=O) groups excluding carboxylic acids is 1. The summed E-state index contributed by atoms with van der Waals surface area (Å²) in [6, 6.07) is 17.3. The van der Waals surface area contributed by atoms with E-state index in [0.717, 1.165) is 24.0 Å². The van der Waals surface area contributed by atoms with E-state index in [1.807, 2.05) is 43.3 Å². The van der Waals surface area contributed by atoms with E-state index in [1.54, 1.807) is 36.5 Å². The first-order valence-electron chi connectivity index (χ1n) is 10.9. The quantitative estimate of drug-likeness (QED) is 0.502. The highest BCUT2D eigenvalue weighted by atomic mass is 19.1. The van der Waals surface area contributed by atoms with Gasteiger partial charge < -0.3 is 15.3 Å². The van der Waals surface area contributed by atoms with Gasteiger partial charge in [-0.15, -0.1) is 0 Å². The summed E-state index contributed by atoms with van der Waals surface area (Å²) in [5, 5.41) is 14.0. The van der Waals surface area contributed by atoms with Crippen molar-refractivity contribution in [2.75, 3.05) is 13.6 Å². The van der Waals surface area contributed by atoms with Gasteiger partial charge in [-0.1, -0.05) is 37.3 Å². The molecule has 3 rings (SSSR count). The molecule has 0 spiro atoms. The van der Waals surface area contributed by atoms with Gasteiger partial charge in [0, 0.05) is 37.6 Å². The number of hydrogen-bond acceptors (Lipinski definition) is 4. The van der Waals surface area contributed by atoms with Crippen molar-refractivity contribution >= 4 is 5.91 Å². The van der Waals surface area contributed by atoms with Gasteiger partial charge in [0.2, 0.25) is 0 Å². The molecule has 1 aromatic heterocycles. The van der Waals surface area contributed by atoms with Gasteiger partial charge in [0.25, 0.3) is 5.91 Å². The van der Waals surface area contributed by atoms with Gasteiger partial charge in [-0.2, -0.15) is 0 Å². The highest BCUT2D eigenvalue weighted by Gasteiger charge is 2.18. The minimum atomic E-state index is -0.698. The molecule has 1 heterocycles. The lowest BCUT2D eigenvalue weighted by Gasteiger charge is -2.23. The Bertz CT molecular complexity index is 978. The van der Waals surface area contributed by atoms with Crippen LogP contribution in [0.5, 0.6) is 0 Å². The van der Waals surface area contributed by atoms with E-state index in [9.17, 15) is 14.3 Å². The Morgan fingerprint density at radius 2 is 1.81 bits per heavy atom. The third kappa shape index (κ3) is 6.45. The van der Waals surface area contributed by atoms with Crippen LogP contribution in [-0.2, 0) is 13.0 Å². The van der Waals surface area contributed by atoms with Crippen LogP contribution in [0.2, 0.25) is 0 Å². The number of aromatic nitrogens is 1. The number of halogens is 1. The van der Waals surface area contributed by atoms with Gasteiger partial charge in [0.1, 0.15) is 5.82 Å². The van der Waals surface area contributed by atoms with Gasteiger partial charge in [0.15, 0.2) is 0 Å². The zero-order chi connectivity index (χ0) is 22.9. The number of rotatable bonds is 10. The van der Waals surface area contributed by atoms with Gasteiger partial charge in [-0.05, 0) is 66.4 Å². The van der Waals surface area contributed by atoms with E-state index in [2.05, 4.69) is 10.3 Å². The predicted molar refractivity (Wildman–Crippen MR) is 124 cm³/mol. The Labute approximate surface area is 188 Å². The van der Waals surface area contributed by atoms with Crippen molar-refractivity contribution in [2.45, 2.75) is 38.5 Å². The number of aliphatic hydroxyl groups is 1. The maximum Gasteiger partial charge on any atom is 0.253 e. The Morgan fingerprint density at radius 1 is 1.09 bits per heavy atom. The molecule has 2 atom stereocenters. The molecular formula is C26H30FN3O2. The molecule has 0 aliphatic rings. The highest BCUT2D eigenvalue weighted by Crippen LogP contribution is 2.19. The average molecular weight is 436 g/mol. The smallest absolute Gasteiger partial charge is 0.253 e. The molecule has 0 saturated carbocycles. The van der Waals surface area contributed by atoms with E-state index in [-0.39, 0.29) is 17.8 Å². The van der Waals surface area contributed by atoms with Crippen molar-refractivity contribution < 1.29 is 14.3 Å². The second kappa shape index (κ2) is 11.5. The Kier molecular flexibility index (Phi) is 8.48. The van der Waals surface area contributed by atoms with Crippen LogP contribution in [0.1, 0.15) is 46.5 Å². The van der Waals surface area contributed by atoms with E-state index in [4.69, 9.17) is 0 Å². The second-order valence-corrected chi connectivity index (χ2v) is 7.93. The van der Waals surface area contributed by atoms with Crippen LogP contribution >= 0.6 is 0 Å². The summed E-state index contributed by atoms with van der Waals surface area (Å²) in [7, 11) is 1.78. The molecule has 5 nitrogen and oxygen atoms in total. The number of nitrogens with zero attached hydrogens (tertiary/aromatic N) is 2. The van der Waals surface area contributed by atoms with Crippen molar-refractivity contribution in [1.29, 1.82) is 0 Å². The van der Waals surface area contributed by atoms with E-state index in [0.29, 0.717) is 24.2 Å². The maximum absolute atomic E-state index is 13.1. The largest absolute Gasteiger partial charge is 0.387 e. The molecule has 32 heavy (non-hydrogen) atoms. The molecule has 3 aromatic rings. The van der Waals surface area contributed by atoms with Crippen LogP contribution in [0.15, 0.2) is 73.1 Å². The SMILES string of the molecule is CC[C@@H](NCCc1ccc(C(=O)N(C)Cc2cccnc2)cc1)[C@H](O)c1ccc(F)cc1. The third-order valence-corrected chi connectivity index (χ3v) is 5.54. The molecule has 168 valence electrons. The van der Waals surface area contributed by atoms with Crippen molar-refractivity contribution in [3.05, 3.63) is 101 Å². The summed E-state index contributed by atoms with van der Waals surface area (Å²) < 4.78 is 13.1. The van der Waals surface area contributed by atoms with Crippen molar-refractivity contribution in [2.24, 2.45) is 0 Å². The highest BCUT2D eigenvalue weighted by molar-refractivity contribution is 5.94. The van der Waals surface area contributed by atoms with E-state index < -0.39 is 6.10 Å². The zero-order valence-corrected chi connectivity index (χ0v) is 18.5. The second-order valence-electron chi connectivity index (χ2n) is 7.93. The fourth-order valence-corrected chi connectivity index (χ4v) is 3.65. The van der Waals surface area contributed by atoms with Crippen molar-refractivity contribution in [1.82, 2.24) is 15.2 Å². The molecule has 0 bridgehead atoms. The fraction of sp³-hybridized carbons (Fsp3) is 0.308. The molecule has 0 radical (unpaired) electrons. The number of nitrogens with one attached hydrogen (secondary N) is 1. The Hall–Kier alpha value is -3.09. The van der Waals surface area contributed by atoms with E-state index >= 15 is 0 Å². The lowest BCUT2D eigenvalue weighted by molar-refractivity contribution is 0.0785. The zero-order valence-electron chi connectivity index (χ0n) is 18.5. The third-order valence-electron chi connectivity index (χ3n) is 5.54. The standard InChI is InChI=1S/C26H30FN3O2/c1-3-24(25(31)21-10-12-23(27)13-11-21)29-16-14-19-6-8-22(9-7-19)26(32)30(2)18-20-5-4-15-28-17-20/h4-13,15,17,24-25,29,31H,3,14,16,18H2,1-2H3/t24-,25-/m1/s1. The van der Waals surface area contributed by atoms with Crippen LogP contribution in [0.4, 0.5) is 4.39 Å². The summed E-state index contributed by atoms with van der Waals surface area (Å²) in [5.74, 6) is -0.348. The normalized spacial score (nSPS) is 12.9. The van der Waals surface area contributed by atoms with Crippen LogP contribution in [-0.4, -0.2) is 40.5 Å². The minimum absolute atomic E-state index is 0.0352. The monoisotopic (exact) mass is 435 g/mol. The number of hydrogen-bond donors (Lipinski definition) is 2. The molecule has 0 fully saturated rings. The molecule has 0 unspecified atom stereocenters. The molecule has 6 heteroatoms. The van der Waals surface area contributed by atoms with Gasteiger partial charge >= 0.3 is 0 Å². The lowest BCUT2D eigenvalue weighted by Crippen LogP contribution is -2.35. The van der Waals surface area contributed by atoms with Crippen LogP contribution < -0.4 is 5.32 Å². The number of benzene rings is 2. The average Bonchev–Trinajstić information content (AvgIpc) is 2.82. The molecule has 0 aliphatic heterocycles. The fourth-order valence-electron chi connectivity index (χ4n) is 3.65. The Balaban J connectivity index is 1.50. The number of pyridine rings is 1. The molecule has 1 amide bonds. The molecule has 2 aromatic carbocycles.